The largest absolute Gasteiger partial charge is 0.377 e. The fourth-order valence-corrected chi connectivity index (χ4v) is 3.16. The van der Waals surface area contributed by atoms with Crippen LogP contribution in [0.1, 0.15) is 19.5 Å². The van der Waals surface area contributed by atoms with Crippen molar-refractivity contribution < 1.29 is 4.79 Å². The number of hydrogen-bond donors (Lipinski definition) is 1. The van der Waals surface area contributed by atoms with Crippen LogP contribution in [0.15, 0.2) is 22.1 Å². The summed E-state index contributed by atoms with van der Waals surface area (Å²) in [6, 6.07) is 1.86. The lowest BCUT2D eigenvalue weighted by Gasteiger charge is -2.14. The molecule has 8 heteroatoms. The molecule has 21 heavy (non-hydrogen) atoms. The molecule has 2 aromatic heterocycles. The highest BCUT2D eigenvalue weighted by atomic mass is 79.9. The van der Waals surface area contributed by atoms with Crippen LogP contribution in [0.5, 0.6) is 0 Å². The van der Waals surface area contributed by atoms with Gasteiger partial charge in [-0.05, 0) is 28.9 Å². The van der Waals surface area contributed by atoms with Crippen molar-refractivity contribution in [2.75, 3.05) is 16.8 Å². The molecule has 0 atom stereocenters. The van der Waals surface area contributed by atoms with Crippen LogP contribution >= 0.6 is 38.9 Å². The number of carbonyl (C=O) groups is 1. The molecular weight excluding hydrogens is 376 g/mol. The second-order valence-electron chi connectivity index (χ2n) is 4.23. The Bertz CT molecular complexity index is 649. The highest BCUT2D eigenvalue weighted by molar-refractivity contribution is 9.10. The number of nitrogens with zero attached hydrogens (tertiary/aromatic N) is 3. The van der Waals surface area contributed by atoms with Crippen LogP contribution in [0.2, 0.25) is 5.15 Å². The summed E-state index contributed by atoms with van der Waals surface area (Å²) in [7, 11) is 0. The van der Waals surface area contributed by atoms with Gasteiger partial charge in [-0.25, -0.2) is 9.97 Å². The summed E-state index contributed by atoms with van der Waals surface area (Å²) < 4.78 is 0.849. The first-order valence-electron chi connectivity index (χ1n) is 6.28. The molecule has 1 N–H and O–H groups in total. The molecule has 2 aromatic rings. The summed E-state index contributed by atoms with van der Waals surface area (Å²) in [5, 5.41) is 6.23. The van der Waals surface area contributed by atoms with Gasteiger partial charge in [0.1, 0.15) is 0 Å². The lowest BCUT2D eigenvalue weighted by molar-refractivity contribution is -0.116. The SMILES string of the molecule is CCN(C(C)=O)c1nc(CNc2cc(Br)cnc2Cl)cs1. The van der Waals surface area contributed by atoms with Gasteiger partial charge in [-0.1, -0.05) is 11.6 Å². The van der Waals surface area contributed by atoms with Gasteiger partial charge in [0.15, 0.2) is 10.3 Å². The number of anilines is 2. The summed E-state index contributed by atoms with van der Waals surface area (Å²) in [5.41, 5.74) is 1.59. The fraction of sp³-hybridized carbons (Fsp3) is 0.308. The maximum atomic E-state index is 11.5. The van der Waals surface area contributed by atoms with E-state index in [1.165, 1.54) is 18.3 Å². The lowest BCUT2D eigenvalue weighted by atomic mass is 10.4. The van der Waals surface area contributed by atoms with E-state index in [4.69, 9.17) is 11.6 Å². The predicted molar refractivity (Wildman–Crippen MR) is 90.1 cm³/mol. The Morgan fingerprint density at radius 1 is 1.57 bits per heavy atom. The minimum Gasteiger partial charge on any atom is -0.377 e. The van der Waals surface area contributed by atoms with Crippen molar-refractivity contribution in [1.29, 1.82) is 0 Å². The van der Waals surface area contributed by atoms with Gasteiger partial charge < -0.3 is 5.32 Å². The third kappa shape index (κ3) is 4.15. The van der Waals surface area contributed by atoms with E-state index < -0.39 is 0 Å². The summed E-state index contributed by atoms with van der Waals surface area (Å²) in [6.07, 6.45) is 1.64. The first-order chi connectivity index (χ1) is 10.0. The number of aromatic nitrogens is 2. The van der Waals surface area contributed by atoms with Gasteiger partial charge in [-0.2, -0.15) is 0 Å². The van der Waals surface area contributed by atoms with E-state index in [0.29, 0.717) is 23.4 Å². The molecule has 0 aliphatic heterocycles. The fourth-order valence-electron chi connectivity index (χ4n) is 1.73. The van der Waals surface area contributed by atoms with Gasteiger partial charge in [0, 0.05) is 29.5 Å². The zero-order valence-corrected chi connectivity index (χ0v) is 14.7. The molecule has 2 rings (SSSR count). The molecule has 0 spiro atoms. The van der Waals surface area contributed by atoms with E-state index in [2.05, 4.69) is 31.2 Å². The highest BCUT2D eigenvalue weighted by Crippen LogP contribution is 2.25. The Morgan fingerprint density at radius 2 is 2.33 bits per heavy atom. The van der Waals surface area contributed by atoms with Crippen molar-refractivity contribution in [2.24, 2.45) is 0 Å². The van der Waals surface area contributed by atoms with Crippen molar-refractivity contribution in [2.45, 2.75) is 20.4 Å². The third-order valence-electron chi connectivity index (χ3n) is 2.73. The van der Waals surface area contributed by atoms with Crippen molar-refractivity contribution in [3.63, 3.8) is 0 Å². The van der Waals surface area contributed by atoms with Crippen LogP contribution < -0.4 is 10.2 Å². The number of rotatable bonds is 5. The molecule has 0 fully saturated rings. The molecule has 0 saturated carbocycles. The van der Waals surface area contributed by atoms with E-state index in [0.717, 1.165) is 15.9 Å². The van der Waals surface area contributed by atoms with Crippen LogP contribution in [-0.2, 0) is 11.3 Å². The van der Waals surface area contributed by atoms with Gasteiger partial charge in [0.05, 0.1) is 17.9 Å². The number of thiazole rings is 1. The van der Waals surface area contributed by atoms with Gasteiger partial charge >= 0.3 is 0 Å². The van der Waals surface area contributed by atoms with Gasteiger partial charge in [0.25, 0.3) is 0 Å². The number of pyridine rings is 1. The first kappa shape index (κ1) is 16.2. The van der Waals surface area contributed by atoms with Crippen LogP contribution in [0.25, 0.3) is 0 Å². The van der Waals surface area contributed by atoms with E-state index in [1.54, 1.807) is 11.1 Å². The Kier molecular flexibility index (Phi) is 5.55. The average Bonchev–Trinajstić information content (AvgIpc) is 2.89. The van der Waals surface area contributed by atoms with Crippen molar-refractivity contribution >= 4 is 55.6 Å². The number of halogens is 2. The first-order valence-corrected chi connectivity index (χ1v) is 8.33. The smallest absolute Gasteiger partial charge is 0.225 e. The summed E-state index contributed by atoms with van der Waals surface area (Å²) in [5.74, 6) is -0.00871. The highest BCUT2D eigenvalue weighted by Gasteiger charge is 2.13. The van der Waals surface area contributed by atoms with Crippen LogP contribution in [-0.4, -0.2) is 22.4 Å². The van der Waals surface area contributed by atoms with Crippen molar-refractivity contribution in [3.05, 3.63) is 33.0 Å². The van der Waals surface area contributed by atoms with Gasteiger partial charge in [-0.3, -0.25) is 9.69 Å². The molecule has 0 unspecified atom stereocenters. The number of amides is 1. The standard InChI is InChI=1S/C13H14BrClN4OS/c1-3-19(8(2)20)13-18-10(7-21-13)6-16-11-4-9(14)5-17-12(11)15/h4-5,7,16H,3,6H2,1-2H3. The Labute approximate surface area is 140 Å². The number of hydrogen-bond acceptors (Lipinski definition) is 5. The molecule has 0 aliphatic rings. The average molecular weight is 390 g/mol. The Morgan fingerprint density at radius 3 is 3.00 bits per heavy atom. The Hall–Kier alpha value is -1.18. The third-order valence-corrected chi connectivity index (χ3v) is 4.38. The second-order valence-corrected chi connectivity index (χ2v) is 6.34. The zero-order valence-electron chi connectivity index (χ0n) is 11.6. The molecule has 2 heterocycles. The second kappa shape index (κ2) is 7.20. The number of carbonyl (C=O) groups excluding carboxylic acids is 1. The molecule has 0 aliphatic carbocycles. The molecule has 5 nitrogen and oxygen atoms in total. The van der Waals surface area contributed by atoms with E-state index in [-0.39, 0.29) is 5.91 Å². The summed E-state index contributed by atoms with van der Waals surface area (Å²) in [6.45, 7) is 4.59. The van der Waals surface area contributed by atoms with Crippen molar-refractivity contribution in [1.82, 2.24) is 9.97 Å². The minimum absolute atomic E-state index is 0.00871. The predicted octanol–water partition coefficient (Wildman–Crippen LogP) is 3.94. The molecule has 0 radical (unpaired) electrons. The van der Waals surface area contributed by atoms with E-state index in [9.17, 15) is 4.79 Å². The topological polar surface area (TPSA) is 58.1 Å². The molecule has 0 saturated heterocycles. The van der Waals surface area contributed by atoms with Crippen molar-refractivity contribution in [3.8, 4) is 0 Å². The van der Waals surface area contributed by atoms with Crippen LogP contribution in [0.4, 0.5) is 10.8 Å². The molecule has 0 bridgehead atoms. The van der Waals surface area contributed by atoms with E-state index >= 15 is 0 Å². The van der Waals surface area contributed by atoms with Gasteiger partial charge in [-0.15, -0.1) is 11.3 Å². The lowest BCUT2D eigenvalue weighted by Crippen LogP contribution is -2.27. The van der Waals surface area contributed by atoms with Crippen LogP contribution in [0.3, 0.4) is 0 Å². The van der Waals surface area contributed by atoms with Crippen LogP contribution in [0, 0.1) is 0 Å². The zero-order chi connectivity index (χ0) is 15.4. The molecule has 1 amide bonds. The molecule has 112 valence electrons. The minimum atomic E-state index is -0.00871. The Balaban J connectivity index is 2.06. The molecule has 0 aromatic carbocycles. The maximum Gasteiger partial charge on any atom is 0.225 e. The molecular formula is C13H14BrClN4OS. The summed E-state index contributed by atoms with van der Waals surface area (Å²) in [4.78, 5) is 21.6. The maximum absolute atomic E-state index is 11.5. The van der Waals surface area contributed by atoms with Gasteiger partial charge in [0.2, 0.25) is 5.91 Å². The normalized spacial score (nSPS) is 10.5. The quantitative estimate of drug-likeness (QED) is 0.787. The number of nitrogens with one attached hydrogen (secondary N) is 1. The monoisotopic (exact) mass is 388 g/mol. The summed E-state index contributed by atoms with van der Waals surface area (Å²) >= 11 is 10.8. The van der Waals surface area contributed by atoms with E-state index in [1.807, 2.05) is 18.4 Å².